The fourth-order valence-corrected chi connectivity index (χ4v) is 5.32. The molecule has 12 heteroatoms. The van der Waals surface area contributed by atoms with Gasteiger partial charge >= 0.3 is 0 Å². The molecule has 0 bridgehead atoms. The van der Waals surface area contributed by atoms with Crippen molar-refractivity contribution in [2.75, 3.05) is 4.72 Å². The third-order valence-corrected chi connectivity index (χ3v) is 7.03. The Kier molecular flexibility index (Phi) is 7.23. The number of sulfonamides is 1. The summed E-state index contributed by atoms with van der Waals surface area (Å²) in [6.45, 7) is 2.00. The average molecular weight is 470 g/mol. The van der Waals surface area contributed by atoms with E-state index in [9.17, 15) is 16.8 Å². The molecule has 0 radical (unpaired) electrons. The minimum Gasteiger partial charge on any atom is -0.340 e. The lowest BCUT2D eigenvalue weighted by molar-refractivity contribution is 0.549. The first kappa shape index (κ1) is 22.4. The summed E-state index contributed by atoms with van der Waals surface area (Å²) in [7, 11) is -4.62. The minimum atomic E-state index is -3.66. The molecule has 0 aliphatic rings. The number of rotatable bonds is 10. The van der Waals surface area contributed by atoms with Crippen molar-refractivity contribution in [3.8, 4) is 0 Å². The Bertz CT molecular complexity index is 1160. The van der Waals surface area contributed by atoms with Gasteiger partial charge in [0.2, 0.25) is 20.9 Å². The van der Waals surface area contributed by atoms with E-state index in [-0.39, 0.29) is 5.75 Å². The molecule has 0 fully saturated rings. The zero-order valence-electron chi connectivity index (χ0n) is 16.5. The van der Waals surface area contributed by atoms with Crippen LogP contribution in [0, 0.1) is 0 Å². The molecule has 1 atom stereocenters. The number of nitrogens with one attached hydrogen (secondary N) is 2. The van der Waals surface area contributed by atoms with Crippen molar-refractivity contribution in [3.05, 3.63) is 64.1 Å². The SMILES string of the molecule is CCc1nc([C@H](Cc2ccc(N[SH](=O)=O)cc2)NS(=O)(=O)Cc2cn(C)cn2)cs1. The van der Waals surface area contributed by atoms with Crippen LogP contribution in [0.15, 0.2) is 42.2 Å². The van der Waals surface area contributed by atoms with E-state index in [2.05, 4.69) is 19.4 Å². The molecule has 0 amide bonds. The number of hydrogen-bond acceptors (Lipinski definition) is 7. The number of anilines is 1. The third-order valence-electron chi connectivity index (χ3n) is 4.26. The Morgan fingerprint density at radius 1 is 1.23 bits per heavy atom. The Balaban J connectivity index is 1.81. The zero-order chi connectivity index (χ0) is 21.7. The molecule has 30 heavy (non-hydrogen) atoms. The summed E-state index contributed by atoms with van der Waals surface area (Å²) in [6, 6.07) is 6.24. The van der Waals surface area contributed by atoms with E-state index in [1.807, 2.05) is 12.3 Å². The fraction of sp³-hybridized carbons (Fsp3) is 0.333. The molecule has 0 aliphatic carbocycles. The molecule has 2 aromatic heterocycles. The van der Waals surface area contributed by atoms with E-state index >= 15 is 0 Å². The lowest BCUT2D eigenvalue weighted by atomic mass is 10.0. The molecule has 162 valence electrons. The Hall–Kier alpha value is -2.28. The molecule has 2 heterocycles. The van der Waals surface area contributed by atoms with Crippen molar-refractivity contribution in [3.63, 3.8) is 0 Å². The van der Waals surface area contributed by atoms with Crippen LogP contribution in [0.3, 0.4) is 0 Å². The van der Waals surface area contributed by atoms with Crippen LogP contribution in [-0.4, -0.2) is 31.4 Å². The molecule has 0 aliphatic heterocycles. The van der Waals surface area contributed by atoms with Crippen LogP contribution in [0.5, 0.6) is 0 Å². The highest BCUT2D eigenvalue weighted by Crippen LogP contribution is 2.23. The van der Waals surface area contributed by atoms with E-state index < -0.39 is 27.0 Å². The Morgan fingerprint density at radius 3 is 2.53 bits per heavy atom. The zero-order valence-corrected chi connectivity index (χ0v) is 19.0. The van der Waals surface area contributed by atoms with Gasteiger partial charge in [-0.2, -0.15) is 0 Å². The number of benzene rings is 1. The second-order valence-corrected chi connectivity index (χ2v) is 10.2. The molecule has 0 unspecified atom stereocenters. The monoisotopic (exact) mass is 469 g/mol. The first-order valence-electron chi connectivity index (χ1n) is 9.15. The van der Waals surface area contributed by atoms with Crippen LogP contribution in [0.1, 0.15) is 34.9 Å². The number of hydrogen-bond donors (Lipinski definition) is 3. The van der Waals surface area contributed by atoms with Crippen LogP contribution in [-0.2, 0) is 46.6 Å². The first-order chi connectivity index (χ1) is 14.2. The first-order valence-corrected chi connectivity index (χ1v) is 12.9. The van der Waals surface area contributed by atoms with Crippen molar-refractivity contribution in [1.82, 2.24) is 19.3 Å². The summed E-state index contributed by atoms with van der Waals surface area (Å²) in [5, 5.41) is 2.79. The standard InChI is InChI=1S/C18H23N5O4S3/c1-3-18-20-17(10-28-18)16(8-13-4-6-14(7-5-13)21-29(24)25)22-30(26,27)11-15-9-23(2)12-19-15/h4-7,9-10,12,16,22,29H,3,8,11H2,1-2H3,(H,21,24,25)/t16-/m0/s1. The number of thiol groups is 1. The highest BCUT2D eigenvalue weighted by molar-refractivity contribution is 7.88. The number of imidazole rings is 1. The highest BCUT2D eigenvalue weighted by Gasteiger charge is 2.23. The molecule has 0 saturated carbocycles. The van der Waals surface area contributed by atoms with Crippen molar-refractivity contribution in [1.29, 1.82) is 0 Å². The van der Waals surface area contributed by atoms with Gasteiger partial charge in [-0.15, -0.1) is 11.3 Å². The minimum absolute atomic E-state index is 0.228. The van der Waals surface area contributed by atoms with Gasteiger partial charge in [-0.1, -0.05) is 19.1 Å². The van der Waals surface area contributed by atoms with Gasteiger partial charge in [0.1, 0.15) is 5.75 Å². The summed E-state index contributed by atoms with van der Waals surface area (Å²) in [5.41, 5.74) is 2.41. The number of nitrogens with zero attached hydrogens (tertiary/aromatic N) is 3. The van der Waals surface area contributed by atoms with Gasteiger partial charge in [-0.25, -0.2) is 31.5 Å². The van der Waals surface area contributed by atoms with Crippen LogP contribution >= 0.6 is 11.3 Å². The maximum absolute atomic E-state index is 12.8. The van der Waals surface area contributed by atoms with E-state index in [1.54, 1.807) is 48.4 Å². The maximum atomic E-state index is 12.8. The van der Waals surface area contributed by atoms with Gasteiger partial charge in [0, 0.05) is 24.3 Å². The van der Waals surface area contributed by atoms with E-state index in [1.165, 1.54) is 11.3 Å². The summed E-state index contributed by atoms with van der Waals surface area (Å²) >= 11 is 1.49. The van der Waals surface area contributed by atoms with Crippen molar-refractivity contribution >= 4 is 37.9 Å². The largest absolute Gasteiger partial charge is 0.340 e. The molecule has 0 spiro atoms. The van der Waals surface area contributed by atoms with Crippen LogP contribution < -0.4 is 9.44 Å². The van der Waals surface area contributed by atoms with Gasteiger partial charge in [0.15, 0.2) is 0 Å². The van der Waals surface area contributed by atoms with E-state index in [0.717, 1.165) is 17.0 Å². The summed E-state index contributed by atoms with van der Waals surface area (Å²) < 4.78 is 53.9. The highest BCUT2D eigenvalue weighted by atomic mass is 32.2. The van der Waals surface area contributed by atoms with E-state index in [4.69, 9.17) is 0 Å². The number of aryl methyl sites for hydroxylation is 2. The smallest absolute Gasteiger partial charge is 0.222 e. The lowest BCUT2D eigenvalue weighted by Crippen LogP contribution is -2.31. The van der Waals surface area contributed by atoms with Gasteiger partial charge in [-0.05, 0) is 30.5 Å². The molecule has 1 aromatic carbocycles. The van der Waals surface area contributed by atoms with Gasteiger partial charge in [-0.3, -0.25) is 4.72 Å². The fourth-order valence-electron chi connectivity index (χ4n) is 2.91. The maximum Gasteiger partial charge on any atom is 0.222 e. The molecule has 0 saturated heterocycles. The molecular formula is C18H23N5O4S3. The predicted molar refractivity (Wildman–Crippen MR) is 117 cm³/mol. The number of thiazole rings is 1. The lowest BCUT2D eigenvalue weighted by Gasteiger charge is -2.17. The van der Waals surface area contributed by atoms with Gasteiger partial charge in [0.25, 0.3) is 0 Å². The van der Waals surface area contributed by atoms with E-state index in [0.29, 0.717) is 23.5 Å². The van der Waals surface area contributed by atoms with Gasteiger partial charge in [0.05, 0.1) is 28.8 Å². The van der Waals surface area contributed by atoms with Crippen molar-refractivity contribution in [2.45, 2.75) is 31.6 Å². The molecule has 3 rings (SSSR count). The Labute approximate surface area is 181 Å². The summed E-state index contributed by atoms with van der Waals surface area (Å²) in [6.07, 6.45) is 4.37. The van der Waals surface area contributed by atoms with Crippen molar-refractivity contribution < 1.29 is 16.8 Å². The molecule has 3 aromatic rings. The summed E-state index contributed by atoms with van der Waals surface area (Å²) in [5.74, 6) is -0.228. The normalized spacial score (nSPS) is 12.9. The second-order valence-electron chi connectivity index (χ2n) is 6.75. The molecule has 9 nitrogen and oxygen atoms in total. The average Bonchev–Trinajstić information content (AvgIpc) is 3.30. The quantitative estimate of drug-likeness (QED) is 0.389. The van der Waals surface area contributed by atoms with Crippen LogP contribution in [0.25, 0.3) is 0 Å². The third kappa shape index (κ3) is 6.36. The van der Waals surface area contributed by atoms with Crippen molar-refractivity contribution in [2.24, 2.45) is 7.05 Å². The molecular weight excluding hydrogens is 446 g/mol. The van der Waals surface area contributed by atoms with Crippen LogP contribution in [0.2, 0.25) is 0 Å². The Morgan fingerprint density at radius 2 is 1.97 bits per heavy atom. The van der Waals surface area contributed by atoms with Crippen LogP contribution in [0.4, 0.5) is 5.69 Å². The second kappa shape index (κ2) is 9.69. The molecule has 2 N–H and O–H groups in total. The summed E-state index contributed by atoms with van der Waals surface area (Å²) in [4.78, 5) is 8.65. The number of aromatic nitrogens is 3. The van der Waals surface area contributed by atoms with Gasteiger partial charge < -0.3 is 4.57 Å². The predicted octanol–water partition coefficient (Wildman–Crippen LogP) is 1.78. The topological polar surface area (TPSA) is 123 Å².